The second-order valence-electron chi connectivity index (χ2n) is 4.16. The second kappa shape index (κ2) is 6.50. The standard InChI is InChI=1S/C12H15N3O5/c1-3-9(11(16)17)14-12(18)13-8-5-4-7(2)10(6-8)15(19)20/h4-6,9H,3H2,1-2H3,(H,16,17)(H2,13,14,18). The number of urea groups is 1. The van der Waals surface area contributed by atoms with E-state index in [1.807, 2.05) is 0 Å². The first-order chi connectivity index (χ1) is 9.35. The summed E-state index contributed by atoms with van der Waals surface area (Å²) in [4.78, 5) is 32.6. The fourth-order valence-corrected chi connectivity index (χ4v) is 1.55. The Kier molecular flexibility index (Phi) is 5.01. The smallest absolute Gasteiger partial charge is 0.326 e. The molecular weight excluding hydrogens is 266 g/mol. The Morgan fingerprint density at radius 1 is 1.45 bits per heavy atom. The van der Waals surface area contributed by atoms with Gasteiger partial charge >= 0.3 is 12.0 Å². The number of carboxylic acid groups (broad SMARTS) is 1. The van der Waals surface area contributed by atoms with E-state index in [1.54, 1.807) is 13.8 Å². The maximum atomic E-state index is 11.6. The molecule has 0 radical (unpaired) electrons. The number of carboxylic acids is 1. The van der Waals surface area contributed by atoms with Crippen LogP contribution in [0.2, 0.25) is 0 Å². The van der Waals surface area contributed by atoms with Crippen LogP contribution in [0, 0.1) is 17.0 Å². The maximum absolute atomic E-state index is 11.6. The van der Waals surface area contributed by atoms with Crippen LogP contribution in [0.3, 0.4) is 0 Å². The van der Waals surface area contributed by atoms with Crippen LogP contribution in [0.15, 0.2) is 18.2 Å². The number of anilines is 1. The van der Waals surface area contributed by atoms with Crippen LogP contribution >= 0.6 is 0 Å². The van der Waals surface area contributed by atoms with Crippen LogP contribution in [0.4, 0.5) is 16.2 Å². The summed E-state index contributed by atoms with van der Waals surface area (Å²) in [6.45, 7) is 3.20. The minimum atomic E-state index is -1.14. The van der Waals surface area contributed by atoms with Gasteiger partial charge in [0.1, 0.15) is 6.04 Å². The molecule has 8 nitrogen and oxygen atoms in total. The highest BCUT2D eigenvalue weighted by molar-refractivity contribution is 5.92. The normalized spacial score (nSPS) is 11.5. The van der Waals surface area contributed by atoms with E-state index in [9.17, 15) is 19.7 Å². The number of nitro groups is 1. The molecule has 0 saturated carbocycles. The topological polar surface area (TPSA) is 122 Å². The lowest BCUT2D eigenvalue weighted by molar-refractivity contribution is -0.385. The maximum Gasteiger partial charge on any atom is 0.326 e. The molecule has 0 aliphatic rings. The number of nitrogens with one attached hydrogen (secondary N) is 2. The molecule has 0 aromatic heterocycles. The fourth-order valence-electron chi connectivity index (χ4n) is 1.55. The monoisotopic (exact) mass is 281 g/mol. The zero-order valence-electron chi connectivity index (χ0n) is 11.0. The number of aliphatic carboxylic acids is 1. The zero-order valence-corrected chi connectivity index (χ0v) is 11.0. The molecule has 1 aromatic carbocycles. The molecule has 0 aliphatic heterocycles. The van der Waals surface area contributed by atoms with Gasteiger partial charge in [-0.05, 0) is 19.4 Å². The lowest BCUT2D eigenvalue weighted by Crippen LogP contribution is -2.42. The van der Waals surface area contributed by atoms with Crippen molar-refractivity contribution in [2.75, 3.05) is 5.32 Å². The van der Waals surface area contributed by atoms with E-state index in [0.717, 1.165) is 0 Å². The lowest BCUT2D eigenvalue weighted by atomic mass is 10.2. The van der Waals surface area contributed by atoms with Gasteiger partial charge in [-0.25, -0.2) is 9.59 Å². The molecule has 0 bridgehead atoms. The molecule has 1 rings (SSSR count). The molecule has 0 saturated heterocycles. The van der Waals surface area contributed by atoms with Crippen molar-refractivity contribution in [2.45, 2.75) is 26.3 Å². The van der Waals surface area contributed by atoms with E-state index >= 15 is 0 Å². The lowest BCUT2D eigenvalue weighted by Gasteiger charge is -2.13. The average Bonchev–Trinajstić information content (AvgIpc) is 2.37. The number of nitrogens with zero attached hydrogens (tertiary/aromatic N) is 1. The molecule has 1 aromatic rings. The summed E-state index contributed by atoms with van der Waals surface area (Å²) in [5.41, 5.74) is 0.575. The van der Waals surface area contributed by atoms with Gasteiger partial charge in [-0.2, -0.15) is 0 Å². The molecule has 0 fully saturated rings. The van der Waals surface area contributed by atoms with Gasteiger partial charge in [-0.1, -0.05) is 13.0 Å². The zero-order chi connectivity index (χ0) is 15.3. The van der Waals surface area contributed by atoms with E-state index in [0.29, 0.717) is 5.56 Å². The largest absolute Gasteiger partial charge is 0.480 e. The van der Waals surface area contributed by atoms with Crippen molar-refractivity contribution >= 4 is 23.4 Å². The van der Waals surface area contributed by atoms with Crippen molar-refractivity contribution in [1.29, 1.82) is 0 Å². The van der Waals surface area contributed by atoms with E-state index < -0.39 is 23.0 Å². The van der Waals surface area contributed by atoms with Crippen molar-refractivity contribution in [3.8, 4) is 0 Å². The van der Waals surface area contributed by atoms with Gasteiger partial charge in [0, 0.05) is 17.3 Å². The quantitative estimate of drug-likeness (QED) is 0.562. The summed E-state index contributed by atoms with van der Waals surface area (Å²) >= 11 is 0. The Hall–Kier alpha value is -2.64. The summed E-state index contributed by atoms with van der Waals surface area (Å²) in [7, 11) is 0. The Labute approximate surface area is 114 Å². The Balaban J connectivity index is 2.78. The van der Waals surface area contributed by atoms with Gasteiger partial charge in [-0.3, -0.25) is 10.1 Å². The molecule has 1 unspecified atom stereocenters. The van der Waals surface area contributed by atoms with E-state index in [2.05, 4.69) is 10.6 Å². The first kappa shape index (κ1) is 15.4. The molecule has 8 heteroatoms. The molecule has 0 heterocycles. The molecular formula is C12H15N3O5. The highest BCUT2D eigenvalue weighted by Crippen LogP contribution is 2.22. The molecule has 1 atom stereocenters. The van der Waals surface area contributed by atoms with E-state index in [1.165, 1.54) is 18.2 Å². The first-order valence-corrected chi connectivity index (χ1v) is 5.90. The van der Waals surface area contributed by atoms with Gasteiger partial charge in [0.05, 0.1) is 4.92 Å². The number of rotatable bonds is 5. The van der Waals surface area contributed by atoms with Crippen LogP contribution in [0.1, 0.15) is 18.9 Å². The number of benzene rings is 1. The predicted molar refractivity (Wildman–Crippen MR) is 71.7 cm³/mol. The molecule has 0 aliphatic carbocycles. The first-order valence-electron chi connectivity index (χ1n) is 5.90. The highest BCUT2D eigenvalue weighted by Gasteiger charge is 2.18. The molecule has 0 spiro atoms. The Morgan fingerprint density at radius 3 is 2.60 bits per heavy atom. The van der Waals surface area contributed by atoms with Gasteiger partial charge in [0.2, 0.25) is 0 Å². The number of nitro benzene ring substituents is 1. The highest BCUT2D eigenvalue weighted by atomic mass is 16.6. The molecule has 108 valence electrons. The third-order valence-electron chi connectivity index (χ3n) is 2.68. The number of hydrogen-bond acceptors (Lipinski definition) is 4. The minimum Gasteiger partial charge on any atom is -0.480 e. The van der Waals surface area contributed by atoms with Crippen LogP contribution in [0.25, 0.3) is 0 Å². The molecule has 20 heavy (non-hydrogen) atoms. The molecule has 3 N–H and O–H groups in total. The third kappa shape index (κ3) is 3.94. The van der Waals surface area contributed by atoms with Crippen molar-refractivity contribution in [2.24, 2.45) is 0 Å². The van der Waals surface area contributed by atoms with Gasteiger partial charge in [0.25, 0.3) is 5.69 Å². The van der Waals surface area contributed by atoms with Crippen LogP contribution < -0.4 is 10.6 Å². The van der Waals surface area contributed by atoms with Gasteiger partial charge < -0.3 is 15.7 Å². The molecule has 2 amide bonds. The van der Waals surface area contributed by atoms with Crippen molar-refractivity contribution in [3.05, 3.63) is 33.9 Å². The third-order valence-corrected chi connectivity index (χ3v) is 2.68. The van der Waals surface area contributed by atoms with E-state index in [4.69, 9.17) is 5.11 Å². The van der Waals surface area contributed by atoms with Crippen LogP contribution in [-0.4, -0.2) is 28.1 Å². The number of carbonyl (C=O) groups excluding carboxylic acids is 1. The number of aryl methyl sites for hydroxylation is 1. The van der Waals surface area contributed by atoms with Gasteiger partial charge in [-0.15, -0.1) is 0 Å². The SMILES string of the molecule is CCC(NC(=O)Nc1ccc(C)c([N+](=O)[O-])c1)C(=O)O. The minimum absolute atomic E-state index is 0.118. The second-order valence-corrected chi connectivity index (χ2v) is 4.16. The van der Waals surface area contributed by atoms with Crippen molar-refractivity contribution < 1.29 is 19.6 Å². The number of hydrogen-bond donors (Lipinski definition) is 3. The predicted octanol–water partition coefficient (Wildman–Crippen LogP) is 1.89. The summed E-state index contributed by atoms with van der Waals surface area (Å²) in [6, 6.07) is 2.50. The fraction of sp³-hybridized carbons (Fsp3) is 0.333. The Morgan fingerprint density at radius 2 is 2.10 bits per heavy atom. The summed E-state index contributed by atoms with van der Waals surface area (Å²) in [5.74, 6) is -1.14. The van der Waals surface area contributed by atoms with E-state index in [-0.39, 0.29) is 17.8 Å². The van der Waals surface area contributed by atoms with Crippen molar-refractivity contribution in [3.63, 3.8) is 0 Å². The van der Waals surface area contributed by atoms with Crippen LogP contribution in [-0.2, 0) is 4.79 Å². The number of carbonyl (C=O) groups is 2. The van der Waals surface area contributed by atoms with Crippen LogP contribution in [0.5, 0.6) is 0 Å². The van der Waals surface area contributed by atoms with Crippen molar-refractivity contribution in [1.82, 2.24) is 5.32 Å². The number of amides is 2. The summed E-state index contributed by atoms with van der Waals surface area (Å²) in [5, 5.41) is 24.2. The average molecular weight is 281 g/mol. The Bertz CT molecular complexity index is 544. The summed E-state index contributed by atoms with van der Waals surface area (Å²) in [6.07, 6.45) is 0.233. The van der Waals surface area contributed by atoms with Gasteiger partial charge in [0.15, 0.2) is 0 Å². The summed E-state index contributed by atoms with van der Waals surface area (Å²) < 4.78 is 0.